The molecule has 372 valence electrons. The molecule has 0 spiro atoms. The number of aliphatic hydroxyl groups excluding tert-OH is 2. The van der Waals surface area contributed by atoms with Crippen LogP contribution >= 0.6 is 0 Å². The van der Waals surface area contributed by atoms with E-state index in [9.17, 15) is 27.0 Å². The van der Waals surface area contributed by atoms with Crippen molar-refractivity contribution in [1.29, 1.82) is 0 Å². The lowest BCUT2D eigenvalue weighted by molar-refractivity contribution is -0.0503. The summed E-state index contributed by atoms with van der Waals surface area (Å²) in [6.07, 6.45) is 7.17. The largest absolute Gasteiger partial charge is 0.497 e. The minimum atomic E-state index is -3.35. The van der Waals surface area contributed by atoms with Crippen LogP contribution in [0.25, 0.3) is 32.6 Å². The first-order chi connectivity index (χ1) is 33.9. The van der Waals surface area contributed by atoms with Crippen molar-refractivity contribution in [2.24, 2.45) is 23.7 Å². The van der Waals surface area contributed by atoms with Gasteiger partial charge in [0.2, 0.25) is 11.8 Å². The van der Waals surface area contributed by atoms with Gasteiger partial charge in [-0.1, -0.05) is 12.1 Å². The number of hydrogen-bond donors (Lipinski definition) is 2. The summed E-state index contributed by atoms with van der Waals surface area (Å²) in [4.78, 5) is 14.3. The molecule has 6 saturated heterocycles. The van der Waals surface area contributed by atoms with Gasteiger partial charge in [0.05, 0.1) is 84.3 Å². The fraction of sp³-hybridized carbons (Fsp3) is 0.500. The Morgan fingerprint density at radius 1 is 0.600 bits per heavy atom. The predicted molar refractivity (Wildman–Crippen MR) is 267 cm³/mol. The van der Waals surface area contributed by atoms with Crippen LogP contribution in [0.5, 0.6) is 23.3 Å². The molecule has 6 unspecified atom stereocenters. The molecule has 0 radical (unpaired) electrons. The number of methoxy groups -OCH3 is 2. The van der Waals surface area contributed by atoms with Gasteiger partial charge in [0.1, 0.15) is 23.7 Å². The second kappa shape index (κ2) is 20.5. The van der Waals surface area contributed by atoms with E-state index in [1.165, 1.54) is 0 Å². The molecule has 6 aromatic rings. The van der Waals surface area contributed by atoms with Gasteiger partial charge in [-0.2, -0.15) is 0 Å². The van der Waals surface area contributed by atoms with Crippen LogP contribution in [-0.4, -0.2) is 146 Å². The Hall–Kier alpha value is -5.24. The molecule has 70 heavy (non-hydrogen) atoms. The maximum atomic E-state index is 12.7. The standard InChI is InChI=1S/C52H62N6O10S2/c1-65-37-7-9-45-43(29-37)39(11-17-53-45)49(47-27-33-13-19-57(47)31-35(33)15-23-69(61,62)25-21-59)67-51-41-5-3-4-6-42(41)52(56-55-51)68-50(40-12-18-54-46-10-8-38(66-2)30-44(40)46)48-28-34-14-20-58(48)32-36(34)16-24-70(63,64)26-22-60/h3-12,17-18,29-30,33-36,47-50,59-60H,13-16,19-28,31-32H2,1-2H3/t33-,34?,35?,36?,47?,48-,49+,50+/m0/s1. The summed E-state index contributed by atoms with van der Waals surface area (Å²) in [6.45, 7) is 2.41. The number of piperidine rings is 6. The van der Waals surface area contributed by atoms with E-state index in [0.29, 0.717) is 36.1 Å². The molecular formula is C52H62N6O10S2. The molecule has 9 heterocycles. The molecule has 12 rings (SSSR count). The smallest absolute Gasteiger partial charge is 0.242 e. The SMILES string of the molecule is COc1ccc2nccc([C@@H](Oc3nnc(O[C@H](c4ccnc5ccc(OC)cc45)[C@@H]4CC5CCN4CC5CCS(=O)(=O)CCO)c4ccccc34)C3C[C@@H]4CCN3CC4CCS(=O)(=O)CCO)c2c1. The van der Waals surface area contributed by atoms with Gasteiger partial charge in [0.25, 0.3) is 0 Å². The molecule has 16 nitrogen and oxygen atoms in total. The summed E-state index contributed by atoms with van der Waals surface area (Å²) in [5.74, 6) is 2.75. The predicted octanol–water partition coefficient (Wildman–Crippen LogP) is 6.00. The molecule has 18 heteroatoms. The highest BCUT2D eigenvalue weighted by molar-refractivity contribution is 7.91. The summed E-state index contributed by atoms with van der Waals surface area (Å²) in [5, 5.41) is 31.7. The van der Waals surface area contributed by atoms with Crippen molar-refractivity contribution in [2.75, 3.05) is 76.6 Å². The third-order valence-electron chi connectivity index (χ3n) is 15.6. The van der Waals surface area contributed by atoms with Crippen LogP contribution in [0.4, 0.5) is 0 Å². The number of aliphatic hydroxyl groups is 2. The van der Waals surface area contributed by atoms with E-state index in [2.05, 4.69) is 9.80 Å². The Kier molecular flexibility index (Phi) is 14.2. The molecule has 0 aliphatic carbocycles. The highest BCUT2D eigenvalue weighted by atomic mass is 32.2. The zero-order valence-corrected chi connectivity index (χ0v) is 41.3. The van der Waals surface area contributed by atoms with Crippen LogP contribution < -0.4 is 18.9 Å². The van der Waals surface area contributed by atoms with Crippen LogP contribution in [0.2, 0.25) is 0 Å². The Labute approximate surface area is 409 Å². The quantitative estimate of drug-likeness (QED) is 0.0901. The normalized spacial score (nSPS) is 25.3. The first kappa shape index (κ1) is 48.4. The van der Waals surface area contributed by atoms with Gasteiger partial charge in [-0.3, -0.25) is 19.8 Å². The van der Waals surface area contributed by atoms with E-state index < -0.39 is 31.9 Å². The maximum Gasteiger partial charge on any atom is 0.242 e. The number of rotatable bonds is 20. The van der Waals surface area contributed by atoms with Crippen LogP contribution in [0.1, 0.15) is 61.9 Å². The average molecular weight is 995 g/mol. The van der Waals surface area contributed by atoms with Crippen LogP contribution in [0.3, 0.4) is 0 Å². The molecule has 3 aromatic heterocycles. The molecule has 6 fully saturated rings. The van der Waals surface area contributed by atoms with E-state index >= 15 is 0 Å². The van der Waals surface area contributed by atoms with Gasteiger partial charge in [0, 0.05) is 47.4 Å². The monoisotopic (exact) mass is 994 g/mol. The Morgan fingerprint density at radius 2 is 1.04 bits per heavy atom. The highest BCUT2D eigenvalue weighted by Gasteiger charge is 2.47. The van der Waals surface area contributed by atoms with Gasteiger partial charge < -0.3 is 29.2 Å². The summed E-state index contributed by atoms with van der Waals surface area (Å²) in [5.41, 5.74) is 3.46. The van der Waals surface area contributed by atoms with Gasteiger partial charge in [-0.25, -0.2) is 16.8 Å². The van der Waals surface area contributed by atoms with E-state index in [1.807, 2.05) is 72.8 Å². The Bertz CT molecular complexity index is 2870. The number of nitrogens with zero attached hydrogens (tertiary/aromatic N) is 6. The summed E-state index contributed by atoms with van der Waals surface area (Å²) in [6, 6.07) is 23.4. The number of sulfone groups is 2. The lowest BCUT2D eigenvalue weighted by Gasteiger charge is -2.52. The van der Waals surface area contributed by atoms with Crippen molar-refractivity contribution in [3.05, 3.63) is 96.3 Å². The van der Waals surface area contributed by atoms with Crippen molar-refractivity contribution in [1.82, 2.24) is 30.0 Å². The summed E-state index contributed by atoms with van der Waals surface area (Å²) < 4.78 is 76.7. The molecule has 10 atom stereocenters. The zero-order valence-electron chi connectivity index (χ0n) is 39.7. The third kappa shape index (κ3) is 9.99. The molecular weight excluding hydrogens is 933 g/mol. The molecule has 6 aliphatic rings. The van der Waals surface area contributed by atoms with E-state index in [0.717, 1.165) is 95.6 Å². The van der Waals surface area contributed by atoms with Gasteiger partial charge >= 0.3 is 0 Å². The van der Waals surface area contributed by atoms with Crippen LogP contribution in [0.15, 0.2) is 85.2 Å². The van der Waals surface area contributed by atoms with Gasteiger partial charge in [-0.05, 0) is 136 Å². The Balaban J connectivity index is 1.01. The number of aromatic nitrogens is 4. The maximum absolute atomic E-state index is 12.7. The number of fused-ring (bicyclic) bond motifs is 9. The Morgan fingerprint density at radius 3 is 1.43 bits per heavy atom. The second-order valence-electron chi connectivity index (χ2n) is 19.5. The second-order valence-corrected chi connectivity index (χ2v) is 24.1. The van der Waals surface area contributed by atoms with E-state index in [4.69, 9.17) is 39.1 Å². The topological polar surface area (TPSA) is 204 Å². The first-order valence-electron chi connectivity index (χ1n) is 24.5. The van der Waals surface area contributed by atoms with Gasteiger partial charge in [-0.15, -0.1) is 10.2 Å². The first-order valence-corrected chi connectivity index (χ1v) is 28.1. The molecule has 6 aliphatic heterocycles. The zero-order chi connectivity index (χ0) is 48.6. The lowest BCUT2D eigenvalue weighted by atomic mass is 9.72. The van der Waals surface area contributed by atoms with E-state index in [-0.39, 0.29) is 72.0 Å². The fourth-order valence-electron chi connectivity index (χ4n) is 12.0. The average Bonchev–Trinajstić information content (AvgIpc) is 3.38. The van der Waals surface area contributed by atoms with Gasteiger partial charge in [0.15, 0.2) is 19.7 Å². The number of hydrogen-bond acceptors (Lipinski definition) is 16. The van der Waals surface area contributed by atoms with Crippen molar-refractivity contribution in [3.63, 3.8) is 0 Å². The summed E-state index contributed by atoms with van der Waals surface area (Å²) >= 11 is 0. The third-order valence-corrected chi connectivity index (χ3v) is 19.0. The number of ether oxygens (including phenoxy) is 4. The van der Waals surface area contributed by atoms with Crippen molar-refractivity contribution < 1.29 is 46.0 Å². The summed E-state index contributed by atoms with van der Waals surface area (Å²) in [7, 11) is -3.40. The number of pyridine rings is 2. The minimum Gasteiger partial charge on any atom is -0.497 e. The number of benzene rings is 3. The molecule has 3 aromatic carbocycles. The van der Waals surface area contributed by atoms with E-state index in [1.54, 1.807) is 26.6 Å². The van der Waals surface area contributed by atoms with Crippen LogP contribution in [0, 0.1) is 23.7 Å². The van der Waals surface area contributed by atoms with Crippen molar-refractivity contribution in [3.8, 4) is 23.3 Å². The van der Waals surface area contributed by atoms with Crippen molar-refractivity contribution >= 4 is 52.3 Å². The molecule has 2 N–H and O–H groups in total. The van der Waals surface area contributed by atoms with Crippen molar-refractivity contribution in [2.45, 2.75) is 62.8 Å². The van der Waals surface area contributed by atoms with Crippen LogP contribution in [-0.2, 0) is 19.7 Å². The minimum absolute atomic E-state index is 0.0583. The molecule has 4 bridgehead atoms. The molecule has 0 amide bonds. The lowest BCUT2D eigenvalue weighted by Crippen LogP contribution is -2.56. The highest BCUT2D eigenvalue weighted by Crippen LogP contribution is 2.48. The molecule has 0 saturated carbocycles. The fourth-order valence-corrected chi connectivity index (χ4v) is 14.3.